The van der Waals surface area contributed by atoms with E-state index in [1.807, 2.05) is 13.8 Å². The fourth-order valence-corrected chi connectivity index (χ4v) is 2.25. The summed E-state index contributed by atoms with van der Waals surface area (Å²) in [6, 6.07) is 2.92. The summed E-state index contributed by atoms with van der Waals surface area (Å²) in [5.41, 5.74) is 7.24. The van der Waals surface area contributed by atoms with E-state index in [1.165, 1.54) is 12.3 Å². The van der Waals surface area contributed by atoms with Crippen LogP contribution in [0.15, 0.2) is 18.3 Å². The van der Waals surface area contributed by atoms with Crippen LogP contribution in [0.3, 0.4) is 0 Å². The summed E-state index contributed by atoms with van der Waals surface area (Å²) < 4.78 is 12.7. The van der Waals surface area contributed by atoms with Gasteiger partial charge in [0.05, 0.1) is 17.9 Å². The Bertz CT molecular complexity index is 490. The summed E-state index contributed by atoms with van der Waals surface area (Å²) in [7, 11) is 0. The van der Waals surface area contributed by atoms with Crippen LogP contribution in [0.25, 0.3) is 11.4 Å². The van der Waals surface area contributed by atoms with Gasteiger partial charge in [0.2, 0.25) is 0 Å². The number of hydrogen-bond acceptors (Lipinski definition) is 4. The first-order valence-electron chi connectivity index (χ1n) is 4.92. The topological polar surface area (TPSA) is 51.8 Å². The maximum Gasteiger partial charge on any atom is 0.141 e. The van der Waals surface area contributed by atoms with Gasteiger partial charge in [0.15, 0.2) is 0 Å². The monoisotopic (exact) mass is 237 g/mol. The zero-order valence-electron chi connectivity index (χ0n) is 9.07. The Hall–Kier alpha value is -1.33. The summed E-state index contributed by atoms with van der Waals surface area (Å²) in [6.45, 7) is 3.85. The predicted octanol–water partition coefficient (Wildman–Crippen LogP) is 2.67. The largest absolute Gasteiger partial charge is 0.322 e. The third-order valence-electron chi connectivity index (χ3n) is 2.17. The first-order chi connectivity index (χ1) is 7.58. The van der Waals surface area contributed by atoms with Gasteiger partial charge in [-0.25, -0.2) is 9.37 Å². The lowest BCUT2D eigenvalue weighted by Gasteiger charge is -1.98. The number of hydrogen-bond donors (Lipinski definition) is 1. The Morgan fingerprint density at radius 1 is 1.44 bits per heavy atom. The minimum Gasteiger partial charge on any atom is -0.322 e. The van der Waals surface area contributed by atoms with Gasteiger partial charge in [0.25, 0.3) is 0 Å². The van der Waals surface area contributed by atoms with Gasteiger partial charge in [0, 0.05) is 4.88 Å². The number of aromatic nitrogens is 2. The summed E-state index contributed by atoms with van der Waals surface area (Å²) in [5, 5.41) is 0.874. The average molecular weight is 237 g/mol. The number of rotatable bonds is 2. The Labute approximate surface area is 97.2 Å². The molecule has 16 heavy (non-hydrogen) atoms. The summed E-state index contributed by atoms with van der Waals surface area (Å²) >= 11 is 1.55. The van der Waals surface area contributed by atoms with Gasteiger partial charge in [-0.2, -0.15) is 0 Å². The standard InChI is InChI=1S/C11H12FN3S/c1-6(13)11-15-10(7(2)16-11)9-4-3-8(12)5-14-9/h3-6H,13H2,1-2H3. The normalized spacial score (nSPS) is 12.8. The molecule has 2 aromatic rings. The Morgan fingerprint density at radius 2 is 2.19 bits per heavy atom. The van der Waals surface area contributed by atoms with Crippen molar-refractivity contribution in [1.82, 2.24) is 9.97 Å². The van der Waals surface area contributed by atoms with Crippen LogP contribution in [0.4, 0.5) is 4.39 Å². The lowest BCUT2D eigenvalue weighted by molar-refractivity contribution is 0.622. The highest BCUT2D eigenvalue weighted by molar-refractivity contribution is 7.12. The van der Waals surface area contributed by atoms with E-state index in [2.05, 4.69) is 9.97 Å². The minimum atomic E-state index is -0.343. The lowest BCUT2D eigenvalue weighted by Crippen LogP contribution is -2.03. The third-order valence-corrected chi connectivity index (χ3v) is 3.34. The highest BCUT2D eigenvalue weighted by atomic mass is 32.1. The van der Waals surface area contributed by atoms with Crippen molar-refractivity contribution in [3.63, 3.8) is 0 Å². The maximum absolute atomic E-state index is 12.7. The lowest BCUT2D eigenvalue weighted by atomic mass is 10.2. The number of halogens is 1. The molecule has 2 N–H and O–H groups in total. The molecule has 2 rings (SSSR count). The molecule has 0 aliphatic rings. The van der Waals surface area contributed by atoms with Crippen molar-refractivity contribution in [2.45, 2.75) is 19.9 Å². The van der Waals surface area contributed by atoms with Crippen LogP contribution < -0.4 is 5.73 Å². The molecule has 2 heterocycles. The Kier molecular flexibility index (Phi) is 2.98. The SMILES string of the molecule is Cc1sc(C(C)N)nc1-c1ccc(F)cn1. The molecule has 1 unspecified atom stereocenters. The van der Waals surface area contributed by atoms with Gasteiger partial charge < -0.3 is 5.73 Å². The van der Waals surface area contributed by atoms with Crippen LogP contribution in [-0.4, -0.2) is 9.97 Å². The van der Waals surface area contributed by atoms with Crippen LogP contribution in [0.5, 0.6) is 0 Å². The molecule has 2 aromatic heterocycles. The second kappa shape index (κ2) is 4.27. The van der Waals surface area contributed by atoms with E-state index in [4.69, 9.17) is 5.73 Å². The zero-order chi connectivity index (χ0) is 11.7. The highest BCUT2D eigenvalue weighted by Crippen LogP contribution is 2.28. The van der Waals surface area contributed by atoms with Crippen LogP contribution in [0.2, 0.25) is 0 Å². The van der Waals surface area contributed by atoms with Crippen LogP contribution in [0.1, 0.15) is 22.9 Å². The molecule has 0 spiro atoms. The molecule has 1 atom stereocenters. The number of nitrogens with zero attached hydrogens (tertiary/aromatic N) is 2. The molecule has 0 bridgehead atoms. The minimum absolute atomic E-state index is 0.0853. The quantitative estimate of drug-likeness (QED) is 0.873. The van der Waals surface area contributed by atoms with Gasteiger partial charge in [-0.05, 0) is 26.0 Å². The molecule has 0 saturated carbocycles. The van der Waals surface area contributed by atoms with Gasteiger partial charge in [-0.15, -0.1) is 11.3 Å². The van der Waals surface area contributed by atoms with E-state index < -0.39 is 0 Å². The number of thiazole rings is 1. The van der Waals surface area contributed by atoms with Gasteiger partial charge in [0.1, 0.15) is 16.5 Å². The first kappa shape index (κ1) is 11.2. The average Bonchev–Trinajstić information content (AvgIpc) is 2.62. The van der Waals surface area contributed by atoms with Gasteiger partial charge in [-0.3, -0.25) is 4.98 Å². The van der Waals surface area contributed by atoms with Crippen LogP contribution in [0, 0.1) is 12.7 Å². The zero-order valence-corrected chi connectivity index (χ0v) is 9.88. The Morgan fingerprint density at radius 3 is 2.69 bits per heavy atom. The molecule has 0 aromatic carbocycles. The summed E-state index contributed by atoms with van der Waals surface area (Å²) in [4.78, 5) is 9.48. The molecule has 0 amide bonds. The molecule has 0 aliphatic carbocycles. The second-order valence-corrected chi connectivity index (χ2v) is 4.84. The Balaban J connectivity index is 2.44. The highest BCUT2D eigenvalue weighted by Gasteiger charge is 2.13. The first-order valence-corrected chi connectivity index (χ1v) is 5.74. The van der Waals surface area contributed by atoms with E-state index in [0.717, 1.165) is 15.6 Å². The van der Waals surface area contributed by atoms with Crippen LogP contribution in [-0.2, 0) is 0 Å². The third kappa shape index (κ3) is 2.10. The smallest absolute Gasteiger partial charge is 0.141 e. The number of aryl methyl sites for hydroxylation is 1. The molecular formula is C11H12FN3S. The molecule has 0 aliphatic heterocycles. The van der Waals surface area contributed by atoms with Crippen molar-refractivity contribution in [2.24, 2.45) is 5.73 Å². The van der Waals surface area contributed by atoms with Crippen molar-refractivity contribution in [3.05, 3.63) is 34.0 Å². The molecule has 0 radical (unpaired) electrons. The van der Waals surface area contributed by atoms with Gasteiger partial charge in [-0.1, -0.05) is 0 Å². The van der Waals surface area contributed by atoms with E-state index in [-0.39, 0.29) is 11.9 Å². The predicted molar refractivity (Wildman–Crippen MR) is 62.6 cm³/mol. The second-order valence-electron chi connectivity index (χ2n) is 3.61. The molecule has 0 fully saturated rings. The van der Waals surface area contributed by atoms with E-state index >= 15 is 0 Å². The fourth-order valence-electron chi connectivity index (χ4n) is 1.37. The van der Waals surface area contributed by atoms with Crippen molar-refractivity contribution in [1.29, 1.82) is 0 Å². The van der Waals surface area contributed by atoms with Crippen molar-refractivity contribution >= 4 is 11.3 Å². The molecule has 0 saturated heterocycles. The maximum atomic E-state index is 12.7. The van der Waals surface area contributed by atoms with Crippen molar-refractivity contribution in [3.8, 4) is 11.4 Å². The summed E-state index contributed by atoms with van der Waals surface area (Å²) in [5.74, 6) is -0.343. The van der Waals surface area contributed by atoms with E-state index in [1.54, 1.807) is 17.4 Å². The molecular weight excluding hydrogens is 225 g/mol. The number of pyridine rings is 1. The molecule has 84 valence electrons. The number of nitrogens with two attached hydrogens (primary N) is 1. The van der Waals surface area contributed by atoms with E-state index in [0.29, 0.717) is 5.69 Å². The fraction of sp³-hybridized carbons (Fsp3) is 0.273. The van der Waals surface area contributed by atoms with Crippen LogP contribution >= 0.6 is 11.3 Å². The van der Waals surface area contributed by atoms with Gasteiger partial charge >= 0.3 is 0 Å². The van der Waals surface area contributed by atoms with Crippen molar-refractivity contribution < 1.29 is 4.39 Å². The van der Waals surface area contributed by atoms with E-state index in [9.17, 15) is 4.39 Å². The summed E-state index contributed by atoms with van der Waals surface area (Å²) in [6.07, 6.45) is 1.19. The molecule has 3 nitrogen and oxygen atoms in total. The molecule has 5 heteroatoms. The van der Waals surface area contributed by atoms with Crippen molar-refractivity contribution in [2.75, 3.05) is 0 Å².